The molecule has 0 atom stereocenters. The first-order valence-electron chi connectivity index (χ1n) is 6.75. The van der Waals surface area contributed by atoms with Gasteiger partial charge < -0.3 is 14.6 Å². The van der Waals surface area contributed by atoms with Gasteiger partial charge in [0.05, 0.1) is 6.61 Å². The van der Waals surface area contributed by atoms with Crippen LogP contribution in [0, 0.1) is 0 Å². The summed E-state index contributed by atoms with van der Waals surface area (Å²) in [5, 5.41) is 11.5. The molecule has 0 fully saturated rings. The molecule has 0 saturated carbocycles. The third kappa shape index (κ3) is 3.18. The van der Waals surface area contributed by atoms with Crippen molar-refractivity contribution in [3.05, 3.63) is 35.7 Å². The number of aromatic nitrogens is 3. The molecule has 2 heterocycles. The van der Waals surface area contributed by atoms with Crippen LogP contribution < -0.4 is 10.1 Å². The van der Waals surface area contributed by atoms with E-state index < -0.39 is 0 Å². The first-order chi connectivity index (χ1) is 10.2. The topological polar surface area (TPSA) is 69.0 Å². The highest BCUT2D eigenvalue weighted by atomic mass is 32.2. The molecule has 21 heavy (non-hydrogen) atoms. The molecule has 1 aromatic carbocycles. The zero-order valence-electron chi connectivity index (χ0n) is 11.7. The van der Waals surface area contributed by atoms with E-state index in [2.05, 4.69) is 15.5 Å². The SMILES string of the molecule is Cn1cnnc1SCCNC(=O)c1ccc2c(c1)CCO2. The van der Waals surface area contributed by atoms with Crippen LogP contribution in [0.5, 0.6) is 5.75 Å². The molecule has 0 unspecified atom stereocenters. The Morgan fingerprint density at radius 2 is 2.43 bits per heavy atom. The number of carbonyl (C=O) groups is 1. The molecular weight excluding hydrogens is 288 g/mol. The van der Waals surface area contributed by atoms with Crippen LogP contribution >= 0.6 is 11.8 Å². The molecule has 7 heteroatoms. The molecular formula is C14H16N4O2S. The Hall–Kier alpha value is -2.02. The van der Waals surface area contributed by atoms with Crippen molar-refractivity contribution in [2.45, 2.75) is 11.6 Å². The molecule has 1 N–H and O–H groups in total. The van der Waals surface area contributed by atoms with Gasteiger partial charge in [-0.25, -0.2) is 0 Å². The number of fused-ring (bicyclic) bond motifs is 1. The van der Waals surface area contributed by atoms with E-state index in [0.29, 0.717) is 18.7 Å². The number of nitrogens with one attached hydrogen (secondary N) is 1. The van der Waals surface area contributed by atoms with Crippen molar-refractivity contribution >= 4 is 17.7 Å². The molecule has 0 aliphatic carbocycles. The molecule has 3 rings (SSSR count). The molecule has 0 spiro atoms. The van der Waals surface area contributed by atoms with E-state index in [0.717, 1.165) is 28.6 Å². The number of benzene rings is 1. The zero-order chi connectivity index (χ0) is 14.7. The summed E-state index contributed by atoms with van der Waals surface area (Å²) in [6.45, 7) is 1.29. The van der Waals surface area contributed by atoms with Crippen LogP contribution in [0.25, 0.3) is 0 Å². The van der Waals surface area contributed by atoms with Gasteiger partial charge in [0.15, 0.2) is 5.16 Å². The van der Waals surface area contributed by atoms with Gasteiger partial charge in [0.2, 0.25) is 0 Å². The van der Waals surface area contributed by atoms with Gasteiger partial charge in [0.1, 0.15) is 12.1 Å². The third-order valence-corrected chi connectivity index (χ3v) is 4.28. The van der Waals surface area contributed by atoms with E-state index in [-0.39, 0.29) is 5.91 Å². The van der Waals surface area contributed by atoms with Gasteiger partial charge >= 0.3 is 0 Å². The molecule has 1 amide bonds. The Labute approximate surface area is 126 Å². The largest absolute Gasteiger partial charge is 0.493 e. The number of hydrogen-bond donors (Lipinski definition) is 1. The van der Waals surface area contributed by atoms with Gasteiger partial charge in [0.25, 0.3) is 5.91 Å². The minimum Gasteiger partial charge on any atom is -0.493 e. The quantitative estimate of drug-likeness (QED) is 0.665. The molecule has 6 nitrogen and oxygen atoms in total. The minimum absolute atomic E-state index is 0.0525. The van der Waals surface area contributed by atoms with Crippen molar-refractivity contribution < 1.29 is 9.53 Å². The highest BCUT2D eigenvalue weighted by Gasteiger charge is 2.14. The number of amides is 1. The van der Waals surface area contributed by atoms with Gasteiger partial charge in [-0.15, -0.1) is 10.2 Å². The van der Waals surface area contributed by atoms with Gasteiger partial charge in [-0.1, -0.05) is 11.8 Å². The third-order valence-electron chi connectivity index (χ3n) is 3.24. The summed E-state index contributed by atoms with van der Waals surface area (Å²) in [6.07, 6.45) is 2.53. The average molecular weight is 304 g/mol. The fourth-order valence-electron chi connectivity index (χ4n) is 2.14. The Kier molecular flexibility index (Phi) is 4.10. The van der Waals surface area contributed by atoms with E-state index in [4.69, 9.17) is 4.74 Å². The van der Waals surface area contributed by atoms with Gasteiger partial charge in [-0.2, -0.15) is 0 Å². The summed E-state index contributed by atoms with van der Waals surface area (Å²) < 4.78 is 7.29. The van der Waals surface area contributed by atoms with Gasteiger partial charge in [-0.3, -0.25) is 4.79 Å². The van der Waals surface area contributed by atoms with E-state index >= 15 is 0 Å². The normalized spacial score (nSPS) is 12.8. The van der Waals surface area contributed by atoms with E-state index in [1.807, 2.05) is 23.7 Å². The maximum atomic E-state index is 12.1. The number of nitrogens with zero attached hydrogens (tertiary/aromatic N) is 3. The Morgan fingerprint density at radius 3 is 3.24 bits per heavy atom. The highest BCUT2D eigenvalue weighted by molar-refractivity contribution is 7.99. The summed E-state index contributed by atoms with van der Waals surface area (Å²) in [5.74, 6) is 1.60. The first-order valence-corrected chi connectivity index (χ1v) is 7.73. The van der Waals surface area contributed by atoms with E-state index in [9.17, 15) is 4.79 Å². The molecule has 1 aliphatic heterocycles. The fourth-order valence-corrected chi connectivity index (χ4v) is 2.88. The second-order valence-electron chi connectivity index (χ2n) is 4.75. The zero-order valence-corrected chi connectivity index (χ0v) is 12.5. The number of thioether (sulfide) groups is 1. The van der Waals surface area contributed by atoms with Crippen molar-refractivity contribution in [2.24, 2.45) is 7.05 Å². The number of carbonyl (C=O) groups excluding carboxylic acids is 1. The summed E-state index contributed by atoms with van der Waals surface area (Å²) in [6, 6.07) is 5.58. The predicted molar refractivity (Wildman–Crippen MR) is 79.7 cm³/mol. The molecule has 1 aliphatic rings. The predicted octanol–water partition coefficient (Wildman–Crippen LogP) is 1.27. The second kappa shape index (κ2) is 6.17. The van der Waals surface area contributed by atoms with Crippen LogP contribution in [0.4, 0.5) is 0 Å². The van der Waals surface area contributed by atoms with Gasteiger partial charge in [-0.05, 0) is 23.8 Å². The molecule has 0 radical (unpaired) electrons. The second-order valence-corrected chi connectivity index (χ2v) is 5.81. The lowest BCUT2D eigenvalue weighted by Crippen LogP contribution is -2.25. The number of aryl methyl sites for hydroxylation is 1. The summed E-state index contributed by atoms with van der Waals surface area (Å²) in [4.78, 5) is 12.1. The Bertz CT molecular complexity index is 656. The number of hydrogen-bond acceptors (Lipinski definition) is 5. The molecule has 0 saturated heterocycles. The maximum Gasteiger partial charge on any atom is 0.251 e. The Morgan fingerprint density at radius 1 is 1.52 bits per heavy atom. The number of rotatable bonds is 5. The van der Waals surface area contributed by atoms with Crippen molar-refractivity contribution in [3.8, 4) is 5.75 Å². The maximum absolute atomic E-state index is 12.1. The first kappa shape index (κ1) is 13.9. The fraction of sp³-hybridized carbons (Fsp3) is 0.357. The summed E-state index contributed by atoms with van der Waals surface area (Å²) in [5.41, 5.74) is 1.79. The lowest BCUT2D eigenvalue weighted by atomic mass is 10.1. The minimum atomic E-state index is -0.0525. The van der Waals surface area contributed by atoms with Crippen LogP contribution in [-0.4, -0.2) is 39.6 Å². The van der Waals surface area contributed by atoms with Crippen molar-refractivity contribution in [1.82, 2.24) is 20.1 Å². The Balaban J connectivity index is 1.49. The molecule has 1 aromatic heterocycles. The van der Waals surface area contributed by atoms with E-state index in [1.165, 1.54) is 0 Å². The highest BCUT2D eigenvalue weighted by Crippen LogP contribution is 2.25. The average Bonchev–Trinajstić information content (AvgIpc) is 3.11. The van der Waals surface area contributed by atoms with Gasteiger partial charge in [0, 0.05) is 31.3 Å². The number of ether oxygens (including phenoxy) is 1. The lowest BCUT2D eigenvalue weighted by Gasteiger charge is -2.06. The van der Waals surface area contributed by atoms with E-state index in [1.54, 1.807) is 24.2 Å². The van der Waals surface area contributed by atoms with Crippen LogP contribution in [0.3, 0.4) is 0 Å². The monoisotopic (exact) mass is 304 g/mol. The van der Waals surface area contributed by atoms with Crippen LogP contribution in [-0.2, 0) is 13.5 Å². The van der Waals surface area contributed by atoms with Crippen molar-refractivity contribution in [2.75, 3.05) is 18.9 Å². The standard InChI is InChI=1S/C14H16N4O2S/c1-18-9-16-17-14(18)21-7-5-15-13(19)11-2-3-12-10(8-11)4-6-20-12/h2-3,8-9H,4-7H2,1H3,(H,15,19). The molecule has 0 bridgehead atoms. The lowest BCUT2D eigenvalue weighted by molar-refractivity contribution is 0.0956. The van der Waals surface area contributed by atoms with Crippen LogP contribution in [0.15, 0.2) is 29.7 Å². The molecule has 110 valence electrons. The smallest absolute Gasteiger partial charge is 0.251 e. The van der Waals surface area contributed by atoms with Crippen molar-refractivity contribution in [3.63, 3.8) is 0 Å². The van der Waals surface area contributed by atoms with Crippen LogP contribution in [0.2, 0.25) is 0 Å². The molecule has 2 aromatic rings. The van der Waals surface area contributed by atoms with Crippen LogP contribution in [0.1, 0.15) is 15.9 Å². The summed E-state index contributed by atoms with van der Waals surface area (Å²) >= 11 is 1.57. The summed E-state index contributed by atoms with van der Waals surface area (Å²) in [7, 11) is 1.90. The van der Waals surface area contributed by atoms with Crippen molar-refractivity contribution in [1.29, 1.82) is 0 Å².